The molecule has 2 aliphatic heterocycles. The third-order valence-electron chi connectivity index (χ3n) is 3.79. The normalized spacial score (nSPS) is 28.4. The van der Waals surface area contributed by atoms with Crippen molar-refractivity contribution in [2.45, 2.75) is 19.3 Å². The van der Waals surface area contributed by atoms with E-state index in [1.54, 1.807) is 0 Å². The minimum Gasteiger partial charge on any atom is -0.343 e. The molecule has 0 spiro atoms. The van der Waals surface area contributed by atoms with Crippen molar-refractivity contribution in [1.82, 2.24) is 15.1 Å². The number of hydrogen-bond acceptors (Lipinski definition) is 3. The fourth-order valence-electron chi connectivity index (χ4n) is 2.53. The Hall–Kier alpha value is -0.610. The molecule has 92 valence electrons. The lowest BCUT2D eigenvalue weighted by Gasteiger charge is -2.33. The summed E-state index contributed by atoms with van der Waals surface area (Å²) in [6, 6.07) is 0. The quantitative estimate of drug-likeness (QED) is 0.743. The SMILES string of the molecule is CN1CCN(CCC2CCCNC2)CC1=O. The van der Waals surface area contributed by atoms with Crippen LogP contribution in [0.15, 0.2) is 0 Å². The summed E-state index contributed by atoms with van der Waals surface area (Å²) < 4.78 is 0. The van der Waals surface area contributed by atoms with Gasteiger partial charge in [0.2, 0.25) is 5.91 Å². The topological polar surface area (TPSA) is 35.6 Å². The number of rotatable bonds is 3. The minimum absolute atomic E-state index is 0.271. The summed E-state index contributed by atoms with van der Waals surface area (Å²) in [5, 5.41) is 3.44. The van der Waals surface area contributed by atoms with Crippen molar-refractivity contribution in [2.75, 3.05) is 46.3 Å². The smallest absolute Gasteiger partial charge is 0.236 e. The van der Waals surface area contributed by atoms with E-state index >= 15 is 0 Å². The van der Waals surface area contributed by atoms with Gasteiger partial charge < -0.3 is 10.2 Å². The van der Waals surface area contributed by atoms with Gasteiger partial charge in [0.05, 0.1) is 6.54 Å². The van der Waals surface area contributed by atoms with Gasteiger partial charge in [-0.1, -0.05) is 0 Å². The van der Waals surface area contributed by atoms with Crippen molar-refractivity contribution in [3.05, 3.63) is 0 Å². The standard InChI is InChI=1S/C12H23N3O/c1-14-7-8-15(10-12(14)16)6-4-11-3-2-5-13-9-11/h11,13H,2-10H2,1H3. The predicted octanol–water partition coefficient (Wildman–Crippen LogP) is 0.150. The van der Waals surface area contributed by atoms with Gasteiger partial charge >= 0.3 is 0 Å². The fraction of sp³-hybridized carbons (Fsp3) is 0.917. The molecule has 0 aromatic carbocycles. The number of hydrogen-bond donors (Lipinski definition) is 1. The number of nitrogens with zero attached hydrogens (tertiary/aromatic N) is 2. The van der Waals surface area contributed by atoms with Gasteiger partial charge in [0, 0.05) is 20.1 Å². The van der Waals surface area contributed by atoms with E-state index in [1.807, 2.05) is 11.9 Å². The van der Waals surface area contributed by atoms with Crippen molar-refractivity contribution in [1.29, 1.82) is 0 Å². The Balaban J connectivity index is 1.67. The lowest BCUT2D eigenvalue weighted by molar-refractivity contribution is -0.134. The Morgan fingerprint density at radius 3 is 3.00 bits per heavy atom. The molecule has 0 aliphatic carbocycles. The Bertz CT molecular complexity index is 238. The van der Waals surface area contributed by atoms with Crippen molar-refractivity contribution in [3.8, 4) is 0 Å². The van der Waals surface area contributed by atoms with Crippen LogP contribution in [0.1, 0.15) is 19.3 Å². The molecule has 0 aromatic rings. The van der Waals surface area contributed by atoms with E-state index in [4.69, 9.17) is 0 Å². The number of piperidine rings is 1. The summed E-state index contributed by atoms with van der Waals surface area (Å²) in [6.45, 7) is 6.00. The molecule has 1 unspecified atom stereocenters. The zero-order valence-corrected chi connectivity index (χ0v) is 10.2. The first-order chi connectivity index (χ1) is 7.75. The molecule has 4 nitrogen and oxygen atoms in total. The van der Waals surface area contributed by atoms with E-state index in [1.165, 1.54) is 32.4 Å². The highest BCUT2D eigenvalue weighted by Gasteiger charge is 2.21. The Morgan fingerprint density at radius 2 is 2.31 bits per heavy atom. The monoisotopic (exact) mass is 225 g/mol. The van der Waals surface area contributed by atoms with Crippen molar-refractivity contribution in [2.24, 2.45) is 5.92 Å². The van der Waals surface area contributed by atoms with Gasteiger partial charge in [-0.3, -0.25) is 9.69 Å². The Labute approximate surface area is 98.0 Å². The second-order valence-electron chi connectivity index (χ2n) is 5.09. The van der Waals surface area contributed by atoms with E-state index in [2.05, 4.69) is 10.2 Å². The molecule has 16 heavy (non-hydrogen) atoms. The lowest BCUT2D eigenvalue weighted by Crippen LogP contribution is -2.49. The van der Waals surface area contributed by atoms with Crippen molar-refractivity contribution >= 4 is 5.91 Å². The highest BCUT2D eigenvalue weighted by Crippen LogP contribution is 2.15. The van der Waals surface area contributed by atoms with Gasteiger partial charge in [0.25, 0.3) is 0 Å². The van der Waals surface area contributed by atoms with Gasteiger partial charge in [-0.25, -0.2) is 0 Å². The third kappa shape index (κ3) is 3.19. The maximum absolute atomic E-state index is 11.5. The molecular formula is C12H23N3O. The molecule has 2 heterocycles. The Morgan fingerprint density at radius 1 is 1.44 bits per heavy atom. The zero-order valence-electron chi connectivity index (χ0n) is 10.2. The summed E-state index contributed by atoms with van der Waals surface area (Å²) in [5.74, 6) is 1.09. The molecule has 4 heteroatoms. The number of nitrogens with one attached hydrogen (secondary N) is 1. The largest absolute Gasteiger partial charge is 0.343 e. The van der Waals surface area contributed by atoms with Gasteiger partial charge in [-0.2, -0.15) is 0 Å². The summed E-state index contributed by atoms with van der Waals surface area (Å²) in [7, 11) is 1.89. The fourth-order valence-corrected chi connectivity index (χ4v) is 2.53. The van der Waals surface area contributed by atoms with Crippen LogP contribution in [0, 0.1) is 5.92 Å². The van der Waals surface area contributed by atoms with Crippen molar-refractivity contribution < 1.29 is 4.79 Å². The van der Waals surface area contributed by atoms with Crippen LogP contribution >= 0.6 is 0 Å². The number of carbonyl (C=O) groups is 1. The van der Waals surface area contributed by atoms with E-state index in [9.17, 15) is 4.79 Å². The maximum atomic E-state index is 11.5. The highest BCUT2D eigenvalue weighted by molar-refractivity contribution is 5.78. The molecule has 1 amide bonds. The third-order valence-corrected chi connectivity index (χ3v) is 3.79. The van der Waals surface area contributed by atoms with Crippen LogP contribution in [0.3, 0.4) is 0 Å². The second kappa shape index (κ2) is 5.64. The van der Waals surface area contributed by atoms with E-state index in [-0.39, 0.29) is 5.91 Å². The van der Waals surface area contributed by atoms with Gasteiger partial charge in [0.15, 0.2) is 0 Å². The van der Waals surface area contributed by atoms with Crippen LogP contribution in [0.25, 0.3) is 0 Å². The van der Waals surface area contributed by atoms with Crippen LogP contribution in [0.4, 0.5) is 0 Å². The minimum atomic E-state index is 0.271. The van der Waals surface area contributed by atoms with Gasteiger partial charge in [-0.15, -0.1) is 0 Å². The maximum Gasteiger partial charge on any atom is 0.236 e. The molecule has 0 aromatic heterocycles. The highest BCUT2D eigenvalue weighted by atomic mass is 16.2. The van der Waals surface area contributed by atoms with Gasteiger partial charge in [0.1, 0.15) is 0 Å². The van der Waals surface area contributed by atoms with E-state index in [0.717, 1.165) is 25.6 Å². The average Bonchev–Trinajstić information content (AvgIpc) is 2.32. The molecule has 1 atom stereocenters. The van der Waals surface area contributed by atoms with Crippen LogP contribution in [-0.4, -0.2) is 62.0 Å². The molecule has 0 radical (unpaired) electrons. The summed E-state index contributed by atoms with van der Waals surface area (Å²) >= 11 is 0. The molecule has 0 saturated carbocycles. The van der Waals surface area contributed by atoms with E-state index in [0.29, 0.717) is 6.54 Å². The zero-order chi connectivity index (χ0) is 11.4. The van der Waals surface area contributed by atoms with Crippen LogP contribution < -0.4 is 5.32 Å². The molecule has 2 saturated heterocycles. The second-order valence-corrected chi connectivity index (χ2v) is 5.09. The predicted molar refractivity (Wildman–Crippen MR) is 64.3 cm³/mol. The molecular weight excluding hydrogens is 202 g/mol. The van der Waals surface area contributed by atoms with Crippen LogP contribution in [0.2, 0.25) is 0 Å². The number of piperazine rings is 1. The first-order valence-electron chi connectivity index (χ1n) is 6.43. The first kappa shape index (κ1) is 11.9. The average molecular weight is 225 g/mol. The van der Waals surface area contributed by atoms with Gasteiger partial charge in [-0.05, 0) is 44.8 Å². The number of likely N-dealkylation sites (N-methyl/N-ethyl adjacent to an activating group) is 1. The first-order valence-corrected chi connectivity index (χ1v) is 6.43. The molecule has 2 rings (SSSR count). The summed E-state index contributed by atoms with van der Waals surface area (Å²) in [4.78, 5) is 15.7. The van der Waals surface area contributed by atoms with Crippen molar-refractivity contribution in [3.63, 3.8) is 0 Å². The summed E-state index contributed by atoms with van der Waals surface area (Å²) in [5.41, 5.74) is 0. The summed E-state index contributed by atoms with van der Waals surface area (Å²) in [6.07, 6.45) is 3.91. The van der Waals surface area contributed by atoms with E-state index < -0.39 is 0 Å². The lowest BCUT2D eigenvalue weighted by atomic mass is 9.96. The van der Waals surface area contributed by atoms with Crippen LogP contribution in [0.5, 0.6) is 0 Å². The number of carbonyl (C=O) groups excluding carboxylic acids is 1. The van der Waals surface area contributed by atoms with Crippen LogP contribution in [-0.2, 0) is 4.79 Å². The molecule has 2 fully saturated rings. The number of amides is 1. The Kier molecular flexibility index (Phi) is 4.18. The molecule has 1 N–H and O–H groups in total. The molecule has 0 bridgehead atoms. The molecule has 2 aliphatic rings.